The van der Waals surface area contributed by atoms with E-state index in [1.165, 1.54) is 19.3 Å². The van der Waals surface area contributed by atoms with Gasteiger partial charge in [0.1, 0.15) is 0 Å². The highest BCUT2D eigenvalue weighted by molar-refractivity contribution is 5.78. The standard InChI is InChI=1S/C18H25N3O2/c1-13-7-3-4-8-14(13)19-17(22)11-12-21-16-10-6-5-9-15(16)20(2)18(21)23/h5-6,9-10,13-14H,3-4,7-8,11-12H2,1-2H3,(H,19,22). The highest BCUT2D eigenvalue weighted by Gasteiger charge is 2.22. The zero-order valence-corrected chi connectivity index (χ0v) is 13.9. The van der Waals surface area contributed by atoms with E-state index in [1.54, 1.807) is 16.2 Å². The molecule has 5 nitrogen and oxygen atoms in total. The van der Waals surface area contributed by atoms with E-state index in [0.29, 0.717) is 24.9 Å². The molecule has 2 atom stereocenters. The van der Waals surface area contributed by atoms with E-state index in [2.05, 4.69) is 12.2 Å². The minimum absolute atomic E-state index is 0.0450. The summed E-state index contributed by atoms with van der Waals surface area (Å²) in [6.45, 7) is 2.63. The maximum Gasteiger partial charge on any atom is 0.328 e. The van der Waals surface area contributed by atoms with Crippen molar-refractivity contribution in [1.82, 2.24) is 14.5 Å². The van der Waals surface area contributed by atoms with Crippen LogP contribution in [0.2, 0.25) is 0 Å². The molecular weight excluding hydrogens is 290 g/mol. The van der Waals surface area contributed by atoms with Crippen molar-refractivity contribution >= 4 is 16.9 Å². The molecule has 0 aliphatic heterocycles. The Morgan fingerprint density at radius 1 is 1.22 bits per heavy atom. The molecule has 5 heteroatoms. The average Bonchev–Trinajstić information content (AvgIpc) is 2.80. The van der Waals surface area contributed by atoms with Gasteiger partial charge in [0, 0.05) is 26.1 Å². The fraction of sp³-hybridized carbons (Fsp3) is 0.556. The first kappa shape index (κ1) is 15.8. The molecule has 0 bridgehead atoms. The second-order valence-electron chi connectivity index (χ2n) is 6.67. The van der Waals surface area contributed by atoms with Gasteiger partial charge in [0.2, 0.25) is 5.91 Å². The van der Waals surface area contributed by atoms with Gasteiger partial charge in [-0.3, -0.25) is 13.9 Å². The van der Waals surface area contributed by atoms with Crippen molar-refractivity contribution in [2.75, 3.05) is 0 Å². The maximum atomic E-state index is 12.3. The second kappa shape index (κ2) is 6.60. The molecule has 124 valence electrons. The van der Waals surface area contributed by atoms with Crippen molar-refractivity contribution in [2.24, 2.45) is 13.0 Å². The van der Waals surface area contributed by atoms with Crippen molar-refractivity contribution in [3.8, 4) is 0 Å². The summed E-state index contributed by atoms with van der Waals surface area (Å²) in [6, 6.07) is 7.99. The molecule has 3 rings (SSSR count). The SMILES string of the molecule is CC1CCCCC1NC(=O)CCn1c(=O)n(C)c2ccccc21. The number of rotatable bonds is 4. The number of aromatic nitrogens is 2. The molecule has 1 aliphatic carbocycles. The molecule has 1 aromatic heterocycles. The normalized spacial score (nSPS) is 21.5. The van der Waals surface area contributed by atoms with Gasteiger partial charge in [-0.1, -0.05) is 31.9 Å². The lowest BCUT2D eigenvalue weighted by Crippen LogP contribution is -2.41. The molecule has 1 heterocycles. The molecule has 1 N–H and O–H groups in total. The quantitative estimate of drug-likeness (QED) is 0.942. The number of hydrogen-bond donors (Lipinski definition) is 1. The molecule has 0 saturated heterocycles. The van der Waals surface area contributed by atoms with Crippen LogP contribution in [0.25, 0.3) is 11.0 Å². The van der Waals surface area contributed by atoms with Crippen LogP contribution in [0.1, 0.15) is 39.0 Å². The predicted octanol–water partition coefficient (Wildman–Crippen LogP) is 2.42. The van der Waals surface area contributed by atoms with Crippen LogP contribution in [0.15, 0.2) is 29.1 Å². The number of carbonyl (C=O) groups is 1. The third-order valence-corrected chi connectivity index (χ3v) is 5.07. The van der Waals surface area contributed by atoms with Crippen LogP contribution in [0.4, 0.5) is 0 Å². The van der Waals surface area contributed by atoms with E-state index in [0.717, 1.165) is 17.5 Å². The summed E-state index contributed by atoms with van der Waals surface area (Å²) in [7, 11) is 1.77. The molecule has 0 spiro atoms. The first-order valence-corrected chi connectivity index (χ1v) is 8.51. The van der Waals surface area contributed by atoms with Crippen LogP contribution >= 0.6 is 0 Å². The van der Waals surface area contributed by atoms with Gasteiger partial charge in [-0.2, -0.15) is 0 Å². The Balaban J connectivity index is 1.68. The van der Waals surface area contributed by atoms with E-state index < -0.39 is 0 Å². The van der Waals surface area contributed by atoms with Crippen LogP contribution < -0.4 is 11.0 Å². The lowest BCUT2D eigenvalue weighted by atomic mass is 9.86. The number of carbonyl (C=O) groups excluding carboxylic acids is 1. The van der Waals surface area contributed by atoms with Crippen molar-refractivity contribution in [1.29, 1.82) is 0 Å². The van der Waals surface area contributed by atoms with Crippen molar-refractivity contribution in [2.45, 2.75) is 51.6 Å². The Hall–Kier alpha value is -2.04. The third kappa shape index (κ3) is 3.19. The maximum absolute atomic E-state index is 12.3. The summed E-state index contributed by atoms with van der Waals surface area (Å²) in [6.07, 6.45) is 5.06. The Kier molecular flexibility index (Phi) is 4.55. The summed E-state index contributed by atoms with van der Waals surface area (Å²) in [4.78, 5) is 24.6. The monoisotopic (exact) mass is 315 g/mol. The van der Waals surface area contributed by atoms with Crippen molar-refractivity contribution < 1.29 is 4.79 Å². The lowest BCUT2D eigenvalue weighted by Gasteiger charge is -2.29. The van der Waals surface area contributed by atoms with Gasteiger partial charge in [0.15, 0.2) is 0 Å². The van der Waals surface area contributed by atoms with E-state index in [4.69, 9.17) is 0 Å². The van der Waals surface area contributed by atoms with Crippen LogP contribution in [0.3, 0.4) is 0 Å². The summed E-state index contributed by atoms with van der Waals surface area (Å²) in [5.74, 6) is 0.594. The Morgan fingerprint density at radius 2 is 1.91 bits per heavy atom. The molecule has 1 amide bonds. The van der Waals surface area contributed by atoms with Gasteiger partial charge in [-0.25, -0.2) is 4.79 Å². The van der Waals surface area contributed by atoms with Crippen LogP contribution in [0, 0.1) is 5.92 Å². The molecule has 1 saturated carbocycles. The molecule has 1 aromatic carbocycles. The predicted molar refractivity (Wildman–Crippen MR) is 91.4 cm³/mol. The zero-order chi connectivity index (χ0) is 16.4. The average molecular weight is 315 g/mol. The smallest absolute Gasteiger partial charge is 0.328 e. The molecule has 2 aromatic rings. The minimum Gasteiger partial charge on any atom is -0.353 e. The number of hydrogen-bond acceptors (Lipinski definition) is 2. The minimum atomic E-state index is -0.0648. The topological polar surface area (TPSA) is 56.0 Å². The van der Waals surface area contributed by atoms with Gasteiger partial charge >= 0.3 is 5.69 Å². The Morgan fingerprint density at radius 3 is 2.65 bits per heavy atom. The lowest BCUT2D eigenvalue weighted by molar-refractivity contribution is -0.122. The van der Waals surface area contributed by atoms with Crippen LogP contribution in [-0.4, -0.2) is 21.1 Å². The largest absolute Gasteiger partial charge is 0.353 e. The number of benzene rings is 1. The van der Waals surface area contributed by atoms with Crippen LogP contribution in [-0.2, 0) is 18.4 Å². The Bertz CT molecular complexity index is 759. The van der Waals surface area contributed by atoms with E-state index >= 15 is 0 Å². The molecule has 2 unspecified atom stereocenters. The fourth-order valence-corrected chi connectivity index (χ4v) is 3.60. The number of nitrogens with one attached hydrogen (secondary N) is 1. The highest BCUT2D eigenvalue weighted by atomic mass is 16.2. The number of para-hydroxylation sites is 2. The number of fused-ring (bicyclic) bond motifs is 1. The zero-order valence-electron chi connectivity index (χ0n) is 13.9. The van der Waals surface area contributed by atoms with Crippen LogP contribution in [0.5, 0.6) is 0 Å². The number of imidazole rings is 1. The van der Waals surface area contributed by atoms with E-state index in [-0.39, 0.29) is 11.6 Å². The number of aryl methyl sites for hydroxylation is 2. The summed E-state index contributed by atoms with van der Waals surface area (Å²) in [5, 5.41) is 3.15. The summed E-state index contributed by atoms with van der Waals surface area (Å²) >= 11 is 0. The number of nitrogens with zero attached hydrogens (tertiary/aromatic N) is 2. The van der Waals surface area contributed by atoms with E-state index in [1.807, 2.05) is 24.3 Å². The number of amides is 1. The Labute approximate surface area is 136 Å². The van der Waals surface area contributed by atoms with Gasteiger partial charge in [0.25, 0.3) is 0 Å². The molecular formula is C18H25N3O2. The molecule has 1 fully saturated rings. The third-order valence-electron chi connectivity index (χ3n) is 5.07. The van der Waals surface area contributed by atoms with E-state index in [9.17, 15) is 9.59 Å². The van der Waals surface area contributed by atoms with Crippen molar-refractivity contribution in [3.63, 3.8) is 0 Å². The second-order valence-corrected chi connectivity index (χ2v) is 6.67. The molecule has 0 radical (unpaired) electrons. The first-order chi connectivity index (χ1) is 11.1. The van der Waals surface area contributed by atoms with Gasteiger partial charge in [-0.15, -0.1) is 0 Å². The van der Waals surface area contributed by atoms with Gasteiger partial charge in [0.05, 0.1) is 11.0 Å². The highest BCUT2D eigenvalue weighted by Crippen LogP contribution is 2.23. The van der Waals surface area contributed by atoms with Crippen molar-refractivity contribution in [3.05, 3.63) is 34.7 Å². The summed E-state index contributed by atoms with van der Waals surface area (Å²) < 4.78 is 3.33. The van der Waals surface area contributed by atoms with Gasteiger partial charge < -0.3 is 5.32 Å². The molecule has 23 heavy (non-hydrogen) atoms. The molecule has 1 aliphatic rings. The first-order valence-electron chi connectivity index (χ1n) is 8.51. The summed E-state index contributed by atoms with van der Waals surface area (Å²) in [5.41, 5.74) is 1.72. The van der Waals surface area contributed by atoms with Gasteiger partial charge in [-0.05, 0) is 30.9 Å². The fourth-order valence-electron chi connectivity index (χ4n) is 3.60.